The molecule has 1 rings (SSSR count). The molecule has 1 aromatic rings. The maximum atomic E-state index is 12.4. The third-order valence-corrected chi connectivity index (χ3v) is 5.01. The molecular weight excluding hydrogens is 498 g/mol. The molecule has 0 heterocycles. The van der Waals surface area contributed by atoms with Gasteiger partial charge >= 0.3 is 24.2 Å². The van der Waals surface area contributed by atoms with Gasteiger partial charge in [-0.05, 0) is 49.3 Å². The largest absolute Gasteiger partial charge is 0.513 e. The Kier molecular flexibility index (Phi) is 14.2. The second-order valence-corrected chi connectivity index (χ2v) is 9.89. The van der Waals surface area contributed by atoms with Crippen molar-refractivity contribution in [2.24, 2.45) is 23.5 Å². The highest BCUT2D eigenvalue weighted by Crippen LogP contribution is 2.30. The van der Waals surface area contributed by atoms with Gasteiger partial charge in [-0.1, -0.05) is 47.6 Å². The Labute approximate surface area is 224 Å². The summed E-state index contributed by atoms with van der Waals surface area (Å²) in [5, 5.41) is 0. The summed E-state index contributed by atoms with van der Waals surface area (Å²) in [5.41, 5.74) is 6.51. The molecule has 0 radical (unpaired) electrons. The van der Waals surface area contributed by atoms with Gasteiger partial charge < -0.3 is 34.2 Å². The average molecular weight is 540 g/mol. The van der Waals surface area contributed by atoms with Crippen molar-refractivity contribution in [1.29, 1.82) is 0 Å². The molecule has 0 spiro atoms. The first-order valence-electron chi connectivity index (χ1n) is 12.8. The molecule has 0 aliphatic rings. The Morgan fingerprint density at radius 3 is 1.84 bits per heavy atom. The van der Waals surface area contributed by atoms with Crippen LogP contribution in [0.25, 0.3) is 0 Å². The van der Waals surface area contributed by atoms with E-state index in [1.165, 1.54) is 12.1 Å². The third kappa shape index (κ3) is 12.8. The summed E-state index contributed by atoms with van der Waals surface area (Å²) < 4.78 is 30.9. The van der Waals surface area contributed by atoms with Crippen LogP contribution < -0.4 is 15.2 Å². The van der Waals surface area contributed by atoms with Crippen molar-refractivity contribution in [2.75, 3.05) is 19.8 Å². The molecule has 0 aliphatic heterocycles. The van der Waals surface area contributed by atoms with Crippen molar-refractivity contribution in [3.63, 3.8) is 0 Å². The standard InChI is InChI=1S/C27H41NO10/c1-8-18(6)24(29)36-19(7)15-33-25(30)21(28)11-20-9-10-22(37-26(31)34-13-16(2)3)23(12-20)38-27(32)35-14-17(4)5/h9-10,12,16-19,21H,8,11,13-15,28H2,1-7H3/t18?,19-,21-/m0/s1. The van der Waals surface area contributed by atoms with Crippen LogP contribution in [-0.4, -0.2) is 56.2 Å². The molecule has 0 aliphatic carbocycles. The normalized spacial score (nSPS) is 13.3. The highest BCUT2D eigenvalue weighted by molar-refractivity contribution is 5.76. The summed E-state index contributed by atoms with van der Waals surface area (Å²) in [5.74, 6) is -1.31. The lowest BCUT2D eigenvalue weighted by molar-refractivity contribution is -0.161. The minimum absolute atomic E-state index is 0.0232. The van der Waals surface area contributed by atoms with Crippen LogP contribution in [-0.2, 0) is 35.0 Å². The van der Waals surface area contributed by atoms with E-state index in [9.17, 15) is 19.2 Å². The number of carbonyl (C=O) groups excluding carboxylic acids is 4. The van der Waals surface area contributed by atoms with Crippen LogP contribution in [0.4, 0.5) is 9.59 Å². The van der Waals surface area contributed by atoms with Gasteiger partial charge in [0, 0.05) is 0 Å². The molecule has 38 heavy (non-hydrogen) atoms. The third-order valence-electron chi connectivity index (χ3n) is 5.01. The molecule has 3 atom stereocenters. The van der Waals surface area contributed by atoms with E-state index in [0.717, 1.165) is 0 Å². The quantitative estimate of drug-likeness (QED) is 0.203. The molecule has 11 nitrogen and oxygen atoms in total. The van der Waals surface area contributed by atoms with Crippen LogP contribution in [0.3, 0.4) is 0 Å². The molecule has 214 valence electrons. The number of nitrogens with two attached hydrogens (primary N) is 1. The number of rotatable bonds is 14. The summed E-state index contributed by atoms with van der Waals surface area (Å²) in [6, 6.07) is 3.30. The first kappa shape index (κ1) is 32.7. The first-order valence-corrected chi connectivity index (χ1v) is 12.8. The monoisotopic (exact) mass is 539 g/mol. The van der Waals surface area contributed by atoms with Gasteiger partial charge in [-0.2, -0.15) is 0 Å². The maximum Gasteiger partial charge on any atom is 0.513 e. The van der Waals surface area contributed by atoms with E-state index in [2.05, 4.69) is 0 Å². The number of esters is 2. The second-order valence-electron chi connectivity index (χ2n) is 9.89. The summed E-state index contributed by atoms with van der Waals surface area (Å²) >= 11 is 0. The van der Waals surface area contributed by atoms with Crippen molar-refractivity contribution in [2.45, 2.75) is 73.5 Å². The number of ether oxygens (including phenoxy) is 6. The van der Waals surface area contributed by atoms with Crippen molar-refractivity contribution in [1.82, 2.24) is 0 Å². The summed E-state index contributed by atoms with van der Waals surface area (Å²) in [6.07, 6.45) is -1.91. The Morgan fingerprint density at radius 2 is 1.32 bits per heavy atom. The zero-order valence-electron chi connectivity index (χ0n) is 23.3. The zero-order chi connectivity index (χ0) is 28.8. The van der Waals surface area contributed by atoms with Crippen LogP contribution in [0.15, 0.2) is 18.2 Å². The van der Waals surface area contributed by atoms with Gasteiger partial charge in [-0.3, -0.25) is 9.59 Å². The van der Waals surface area contributed by atoms with E-state index >= 15 is 0 Å². The molecule has 0 saturated carbocycles. The van der Waals surface area contributed by atoms with Gasteiger partial charge in [0.15, 0.2) is 11.5 Å². The van der Waals surface area contributed by atoms with Crippen molar-refractivity contribution in [3.05, 3.63) is 23.8 Å². The Morgan fingerprint density at radius 1 is 0.763 bits per heavy atom. The number of benzene rings is 1. The number of hydrogen-bond donors (Lipinski definition) is 1. The topological polar surface area (TPSA) is 150 Å². The Bertz CT molecular complexity index is 930. The number of hydrogen-bond acceptors (Lipinski definition) is 11. The highest BCUT2D eigenvalue weighted by atomic mass is 16.7. The molecule has 0 amide bonds. The van der Waals surface area contributed by atoms with E-state index in [4.69, 9.17) is 34.2 Å². The van der Waals surface area contributed by atoms with Gasteiger partial charge in [0.1, 0.15) is 18.8 Å². The van der Waals surface area contributed by atoms with Crippen LogP contribution in [0.5, 0.6) is 11.5 Å². The molecule has 0 fully saturated rings. The molecule has 0 saturated heterocycles. The van der Waals surface area contributed by atoms with E-state index in [1.54, 1.807) is 19.9 Å². The van der Waals surface area contributed by atoms with Gasteiger partial charge in [0.2, 0.25) is 0 Å². The van der Waals surface area contributed by atoms with E-state index in [0.29, 0.717) is 12.0 Å². The highest BCUT2D eigenvalue weighted by Gasteiger charge is 2.22. The fraction of sp³-hybridized carbons (Fsp3) is 0.630. The summed E-state index contributed by atoms with van der Waals surface area (Å²) in [4.78, 5) is 48.5. The van der Waals surface area contributed by atoms with Gasteiger partial charge in [-0.15, -0.1) is 0 Å². The lowest BCUT2D eigenvalue weighted by Crippen LogP contribution is -2.36. The zero-order valence-corrected chi connectivity index (χ0v) is 23.3. The van der Waals surface area contributed by atoms with Crippen molar-refractivity contribution in [3.8, 4) is 11.5 Å². The smallest absolute Gasteiger partial charge is 0.461 e. The Balaban J connectivity index is 2.86. The SMILES string of the molecule is CCC(C)C(=O)O[C@@H](C)COC(=O)[C@@H](N)Cc1ccc(OC(=O)OCC(C)C)c(OC(=O)OCC(C)C)c1. The Hall–Kier alpha value is -3.34. The lowest BCUT2D eigenvalue weighted by atomic mass is 10.1. The second kappa shape index (κ2) is 16.5. The molecule has 0 aromatic heterocycles. The van der Waals surface area contributed by atoms with Crippen molar-refractivity contribution < 1.29 is 47.6 Å². The average Bonchev–Trinajstić information content (AvgIpc) is 2.85. The number of carbonyl (C=O) groups is 4. The minimum atomic E-state index is -1.06. The molecule has 11 heteroatoms. The van der Waals surface area contributed by atoms with Crippen molar-refractivity contribution >= 4 is 24.2 Å². The fourth-order valence-electron chi connectivity index (χ4n) is 2.71. The predicted molar refractivity (Wildman–Crippen MR) is 138 cm³/mol. The molecule has 1 aromatic carbocycles. The first-order chi connectivity index (χ1) is 17.8. The summed E-state index contributed by atoms with van der Waals surface area (Å²) in [6.45, 7) is 12.9. The van der Waals surface area contributed by atoms with Crippen LogP contribution >= 0.6 is 0 Å². The molecular formula is C27H41NO10. The molecule has 1 unspecified atom stereocenters. The minimum Gasteiger partial charge on any atom is -0.461 e. The van der Waals surface area contributed by atoms with E-state index < -0.39 is 30.4 Å². The van der Waals surface area contributed by atoms with Crippen LogP contribution in [0, 0.1) is 17.8 Å². The lowest BCUT2D eigenvalue weighted by Gasteiger charge is -2.18. The van der Waals surface area contributed by atoms with E-state index in [-0.39, 0.29) is 61.5 Å². The predicted octanol–water partition coefficient (Wildman–Crippen LogP) is 4.42. The van der Waals surface area contributed by atoms with Gasteiger partial charge in [0.25, 0.3) is 0 Å². The molecule has 2 N–H and O–H groups in total. The van der Waals surface area contributed by atoms with Gasteiger partial charge in [0.05, 0.1) is 19.1 Å². The van der Waals surface area contributed by atoms with Gasteiger partial charge in [-0.25, -0.2) is 9.59 Å². The fourth-order valence-corrected chi connectivity index (χ4v) is 2.71. The van der Waals surface area contributed by atoms with Crippen LogP contribution in [0.2, 0.25) is 0 Å². The van der Waals surface area contributed by atoms with E-state index in [1.807, 2.05) is 34.6 Å². The van der Waals surface area contributed by atoms with Crippen LogP contribution in [0.1, 0.15) is 60.5 Å². The summed E-state index contributed by atoms with van der Waals surface area (Å²) in [7, 11) is 0. The maximum absolute atomic E-state index is 12.4. The molecule has 0 bridgehead atoms.